The molecule has 0 saturated heterocycles. The Bertz CT molecular complexity index is 699. The van der Waals surface area contributed by atoms with E-state index >= 15 is 0 Å². The molecule has 0 bridgehead atoms. The number of tetrazole rings is 1. The van der Waals surface area contributed by atoms with Gasteiger partial charge in [-0.05, 0) is 17.3 Å². The number of aryl methyl sites for hydroxylation is 1. The van der Waals surface area contributed by atoms with Crippen molar-refractivity contribution in [1.29, 1.82) is 0 Å². The molecule has 2 aromatic rings. The highest BCUT2D eigenvalue weighted by molar-refractivity contribution is 5.93. The zero-order chi connectivity index (χ0) is 16.5. The molecule has 0 aliphatic rings. The van der Waals surface area contributed by atoms with Gasteiger partial charge in [-0.2, -0.15) is 18.0 Å². The minimum Gasteiger partial charge on any atom is -0.478 e. The van der Waals surface area contributed by atoms with Crippen molar-refractivity contribution in [1.82, 2.24) is 25.2 Å². The van der Waals surface area contributed by atoms with Crippen LogP contribution < -0.4 is 4.90 Å². The van der Waals surface area contributed by atoms with Crippen LogP contribution in [0.3, 0.4) is 0 Å². The van der Waals surface area contributed by atoms with E-state index in [0.717, 1.165) is 6.07 Å². The lowest BCUT2D eigenvalue weighted by Gasteiger charge is -2.19. The second-order valence-electron chi connectivity index (χ2n) is 4.42. The molecule has 0 atom stereocenters. The fourth-order valence-corrected chi connectivity index (χ4v) is 1.74. The summed E-state index contributed by atoms with van der Waals surface area (Å²) in [5.74, 6) is -1.48. The van der Waals surface area contributed by atoms with E-state index in [0.29, 0.717) is 6.07 Å². The molecule has 2 heterocycles. The first-order valence-corrected chi connectivity index (χ1v) is 5.94. The number of hydrogen-bond acceptors (Lipinski definition) is 6. The van der Waals surface area contributed by atoms with E-state index in [9.17, 15) is 18.0 Å². The van der Waals surface area contributed by atoms with E-state index in [1.807, 2.05) is 0 Å². The Labute approximate surface area is 122 Å². The summed E-state index contributed by atoms with van der Waals surface area (Å²) in [6.07, 6.45) is -4.67. The Hall–Kier alpha value is -2.72. The third-order valence-electron chi connectivity index (χ3n) is 2.69. The van der Waals surface area contributed by atoms with Crippen LogP contribution in [0, 0.1) is 0 Å². The van der Waals surface area contributed by atoms with Crippen molar-refractivity contribution in [3.05, 3.63) is 29.2 Å². The zero-order valence-electron chi connectivity index (χ0n) is 11.5. The lowest BCUT2D eigenvalue weighted by molar-refractivity contribution is -0.141. The summed E-state index contributed by atoms with van der Waals surface area (Å²) in [6, 6.07) is 1.50. The fourth-order valence-electron chi connectivity index (χ4n) is 1.74. The molecule has 0 spiro atoms. The first-order valence-electron chi connectivity index (χ1n) is 5.94. The number of halogens is 3. The largest absolute Gasteiger partial charge is 0.478 e. The number of pyridine rings is 1. The van der Waals surface area contributed by atoms with Gasteiger partial charge in [0.1, 0.15) is 17.1 Å². The van der Waals surface area contributed by atoms with Crippen molar-refractivity contribution < 1.29 is 23.1 Å². The number of alkyl halides is 3. The van der Waals surface area contributed by atoms with Crippen LogP contribution in [0.2, 0.25) is 0 Å². The molecule has 0 radical (unpaired) electrons. The number of carboxylic acids is 1. The SMILES string of the molecule is CN(Cc1nnn(C)n1)c1nc(C(F)(F)F)ccc1C(=O)O. The highest BCUT2D eigenvalue weighted by Gasteiger charge is 2.34. The maximum Gasteiger partial charge on any atom is 0.433 e. The second kappa shape index (κ2) is 5.58. The van der Waals surface area contributed by atoms with Gasteiger partial charge in [0.05, 0.1) is 13.6 Å². The van der Waals surface area contributed by atoms with Gasteiger partial charge in [-0.3, -0.25) is 0 Å². The van der Waals surface area contributed by atoms with Crippen molar-refractivity contribution in [2.45, 2.75) is 12.7 Å². The summed E-state index contributed by atoms with van der Waals surface area (Å²) in [4.78, 5) is 17.0. The van der Waals surface area contributed by atoms with Gasteiger partial charge in [0.15, 0.2) is 5.82 Å². The Morgan fingerprint density at radius 1 is 1.41 bits per heavy atom. The smallest absolute Gasteiger partial charge is 0.433 e. The van der Waals surface area contributed by atoms with Crippen LogP contribution in [0.25, 0.3) is 0 Å². The van der Waals surface area contributed by atoms with Crippen LogP contribution in [0.15, 0.2) is 12.1 Å². The first-order chi connectivity index (χ1) is 10.2. The van der Waals surface area contributed by atoms with Crippen LogP contribution in [0.4, 0.5) is 19.0 Å². The number of rotatable bonds is 4. The van der Waals surface area contributed by atoms with Crippen molar-refractivity contribution in [3.8, 4) is 0 Å². The molecule has 22 heavy (non-hydrogen) atoms. The number of aromatic carboxylic acids is 1. The number of nitrogens with zero attached hydrogens (tertiary/aromatic N) is 6. The third kappa shape index (κ3) is 3.30. The maximum absolute atomic E-state index is 12.7. The molecular weight excluding hydrogens is 305 g/mol. The molecule has 2 rings (SSSR count). The predicted molar refractivity (Wildman–Crippen MR) is 67.1 cm³/mol. The molecule has 1 N–H and O–H groups in total. The van der Waals surface area contributed by atoms with Crippen LogP contribution in [-0.2, 0) is 19.8 Å². The zero-order valence-corrected chi connectivity index (χ0v) is 11.5. The van der Waals surface area contributed by atoms with Gasteiger partial charge in [-0.1, -0.05) is 0 Å². The maximum atomic E-state index is 12.7. The van der Waals surface area contributed by atoms with Crippen molar-refractivity contribution in [3.63, 3.8) is 0 Å². The molecule has 118 valence electrons. The van der Waals surface area contributed by atoms with Crippen LogP contribution in [0.5, 0.6) is 0 Å². The first kappa shape index (κ1) is 15.7. The number of hydrogen-bond donors (Lipinski definition) is 1. The number of carbonyl (C=O) groups is 1. The summed E-state index contributed by atoms with van der Waals surface area (Å²) in [6.45, 7) is -0.0393. The summed E-state index contributed by atoms with van der Waals surface area (Å²) in [5, 5.41) is 20.2. The summed E-state index contributed by atoms with van der Waals surface area (Å²) in [7, 11) is 2.92. The van der Waals surface area contributed by atoms with Gasteiger partial charge in [-0.25, -0.2) is 9.78 Å². The molecule has 0 unspecified atom stereocenters. The highest BCUT2D eigenvalue weighted by atomic mass is 19.4. The summed E-state index contributed by atoms with van der Waals surface area (Å²) in [5.41, 5.74) is -1.52. The topological polar surface area (TPSA) is 97.0 Å². The monoisotopic (exact) mass is 316 g/mol. The molecule has 2 aromatic heterocycles. The molecule has 8 nitrogen and oxygen atoms in total. The minimum absolute atomic E-state index is 0.0393. The molecule has 0 saturated carbocycles. The Balaban J connectivity index is 2.39. The lowest BCUT2D eigenvalue weighted by Crippen LogP contribution is -2.23. The number of aromatic nitrogens is 5. The van der Waals surface area contributed by atoms with Gasteiger partial charge < -0.3 is 10.0 Å². The van der Waals surface area contributed by atoms with Crippen LogP contribution in [-0.4, -0.2) is 43.3 Å². The second-order valence-corrected chi connectivity index (χ2v) is 4.42. The van der Waals surface area contributed by atoms with E-state index in [1.165, 1.54) is 23.8 Å². The Morgan fingerprint density at radius 3 is 2.59 bits per heavy atom. The van der Waals surface area contributed by atoms with Gasteiger partial charge in [0.25, 0.3) is 0 Å². The van der Waals surface area contributed by atoms with Crippen molar-refractivity contribution in [2.24, 2.45) is 7.05 Å². The average Bonchev–Trinajstić information content (AvgIpc) is 2.82. The van der Waals surface area contributed by atoms with E-state index in [2.05, 4.69) is 20.4 Å². The molecule has 0 aromatic carbocycles. The van der Waals surface area contributed by atoms with Crippen LogP contribution in [0.1, 0.15) is 21.9 Å². The van der Waals surface area contributed by atoms with Gasteiger partial charge in [0, 0.05) is 7.05 Å². The minimum atomic E-state index is -4.67. The van der Waals surface area contributed by atoms with E-state index < -0.39 is 17.8 Å². The van der Waals surface area contributed by atoms with Crippen LogP contribution >= 0.6 is 0 Å². The average molecular weight is 316 g/mol. The standard InChI is InChI=1S/C11H11F3N6O2/c1-19(5-8-16-18-20(2)17-8)9-6(10(21)22)3-4-7(15-9)11(12,13)14/h3-4H,5H2,1-2H3,(H,21,22). The lowest BCUT2D eigenvalue weighted by atomic mass is 10.2. The summed E-state index contributed by atoms with van der Waals surface area (Å²) >= 11 is 0. The summed E-state index contributed by atoms with van der Waals surface area (Å²) < 4.78 is 38.2. The Kier molecular flexibility index (Phi) is 3.97. The molecule has 11 heteroatoms. The normalized spacial score (nSPS) is 11.5. The van der Waals surface area contributed by atoms with Gasteiger partial charge in [-0.15, -0.1) is 10.2 Å². The van der Waals surface area contributed by atoms with E-state index in [-0.39, 0.29) is 23.8 Å². The molecule has 0 amide bonds. The van der Waals surface area contributed by atoms with Gasteiger partial charge >= 0.3 is 12.1 Å². The Morgan fingerprint density at radius 2 is 2.09 bits per heavy atom. The molecule has 0 fully saturated rings. The molecule has 0 aliphatic carbocycles. The van der Waals surface area contributed by atoms with Gasteiger partial charge in [0.2, 0.25) is 0 Å². The highest BCUT2D eigenvalue weighted by Crippen LogP contribution is 2.30. The molecule has 0 aliphatic heterocycles. The quantitative estimate of drug-likeness (QED) is 0.897. The van der Waals surface area contributed by atoms with E-state index in [1.54, 1.807) is 0 Å². The van der Waals surface area contributed by atoms with Crippen molar-refractivity contribution >= 4 is 11.8 Å². The van der Waals surface area contributed by atoms with Crippen molar-refractivity contribution in [2.75, 3.05) is 11.9 Å². The third-order valence-corrected chi connectivity index (χ3v) is 2.69. The van der Waals surface area contributed by atoms with E-state index in [4.69, 9.17) is 5.11 Å². The fraction of sp³-hybridized carbons (Fsp3) is 0.364. The number of carboxylic acid groups (broad SMARTS) is 1. The number of anilines is 1. The predicted octanol–water partition coefficient (Wildman–Crippen LogP) is 0.959. The molecular formula is C11H11F3N6O2.